The average molecular weight is 483 g/mol. The quantitative estimate of drug-likeness (QED) is 0.432. The van der Waals surface area contributed by atoms with E-state index in [0.29, 0.717) is 34.1 Å². The predicted molar refractivity (Wildman–Crippen MR) is 138 cm³/mol. The first-order valence-corrected chi connectivity index (χ1v) is 11.7. The molecule has 2 amide bonds. The fraction of sp³-hybridized carbons (Fsp3) is 0.417. The molecule has 10 heteroatoms. The molecule has 0 saturated carbocycles. The highest BCUT2D eigenvalue weighted by atomic mass is 35.5. The summed E-state index contributed by atoms with van der Waals surface area (Å²) in [5.41, 5.74) is 2.10. The van der Waals surface area contributed by atoms with Crippen LogP contribution >= 0.6 is 11.6 Å². The largest absolute Gasteiger partial charge is 0.368 e. The summed E-state index contributed by atoms with van der Waals surface area (Å²) in [6, 6.07) is 10.4. The number of fused-ring (bicyclic) bond motifs is 1. The molecule has 0 aliphatic carbocycles. The summed E-state index contributed by atoms with van der Waals surface area (Å²) >= 11 is 6.30. The first-order chi connectivity index (χ1) is 16.1. The summed E-state index contributed by atoms with van der Waals surface area (Å²) in [7, 11) is 0. The van der Waals surface area contributed by atoms with E-state index in [2.05, 4.69) is 67.1 Å². The molecule has 180 valence electrons. The second-order valence-corrected chi connectivity index (χ2v) is 10.2. The Kier molecular flexibility index (Phi) is 6.77. The number of halogens is 1. The minimum atomic E-state index is -0.387. The monoisotopic (exact) mass is 482 g/mol. The van der Waals surface area contributed by atoms with Gasteiger partial charge in [-0.25, -0.2) is 14.8 Å². The molecule has 0 spiro atoms. The van der Waals surface area contributed by atoms with Crippen molar-refractivity contribution < 1.29 is 4.79 Å². The summed E-state index contributed by atoms with van der Waals surface area (Å²) in [6.45, 7) is 12.0. The van der Waals surface area contributed by atoms with Crippen LogP contribution in [0.5, 0.6) is 0 Å². The fourth-order valence-corrected chi connectivity index (χ4v) is 4.19. The molecule has 3 aromatic rings. The van der Waals surface area contributed by atoms with Gasteiger partial charge in [-0.2, -0.15) is 4.98 Å². The molecule has 3 heterocycles. The molecule has 1 aromatic carbocycles. The van der Waals surface area contributed by atoms with E-state index >= 15 is 0 Å². The van der Waals surface area contributed by atoms with Gasteiger partial charge in [0.15, 0.2) is 11.5 Å². The van der Waals surface area contributed by atoms with Gasteiger partial charge in [-0.3, -0.25) is 5.32 Å². The molecular weight excluding hydrogens is 452 g/mol. The van der Waals surface area contributed by atoms with Crippen molar-refractivity contribution >= 4 is 51.8 Å². The lowest BCUT2D eigenvalue weighted by Crippen LogP contribution is -2.54. The molecular formula is C24H31ClN8O. The molecule has 0 radical (unpaired) electrons. The van der Waals surface area contributed by atoms with Gasteiger partial charge in [0.2, 0.25) is 5.95 Å². The number of benzene rings is 1. The zero-order valence-electron chi connectivity index (χ0n) is 20.1. The Labute approximate surface area is 204 Å². The van der Waals surface area contributed by atoms with Gasteiger partial charge in [0.1, 0.15) is 0 Å². The lowest BCUT2D eigenvalue weighted by molar-refractivity contribution is 0.243. The Hall–Kier alpha value is -3.17. The van der Waals surface area contributed by atoms with Gasteiger partial charge in [-0.1, -0.05) is 11.6 Å². The van der Waals surface area contributed by atoms with Crippen molar-refractivity contribution in [3.63, 3.8) is 0 Å². The number of anilines is 4. The van der Waals surface area contributed by atoms with Crippen LogP contribution in [0.3, 0.4) is 0 Å². The highest BCUT2D eigenvalue weighted by Gasteiger charge is 2.21. The van der Waals surface area contributed by atoms with Gasteiger partial charge >= 0.3 is 6.03 Å². The van der Waals surface area contributed by atoms with E-state index in [0.717, 1.165) is 18.8 Å². The van der Waals surface area contributed by atoms with Crippen LogP contribution < -0.4 is 26.2 Å². The van der Waals surface area contributed by atoms with E-state index in [4.69, 9.17) is 11.6 Å². The van der Waals surface area contributed by atoms with Gasteiger partial charge in [-0.15, -0.1) is 0 Å². The van der Waals surface area contributed by atoms with E-state index in [1.165, 1.54) is 5.69 Å². The highest BCUT2D eigenvalue weighted by Crippen LogP contribution is 2.26. The third-order valence-corrected chi connectivity index (χ3v) is 5.58. The van der Waals surface area contributed by atoms with Gasteiger partial charge < -0.3 is 20.9 Å². The number of carbonyl (C=O) groups excluding carboxylic acids is 1. The van der Waals surface area contributed by atoms with Crippen LogP contribution in [-0.4, -0.2) is 51.7 Å². The minimum Gasteiger partial charge on any atom is -0.368 e. The van der Waals surface area contributed by atoms with E-state index in [-0.39, 0.29) is 17.4 Å². The first-order valence-electron chi connectivity index (χ1n) is 11.4. The number of nitrogens with zero attached hydrogens (tertiary/aromatic N) is 4. The Bertz CT molecular complexity index is 1170. The average Bonchev–Trinajstić information content (AvgIpc) is 2.73. The van der Waals surface area contributed by atoms with E-state index in [1.807, 2.05) is 32.9 Å². The SMILES string of the molecule is C[C@@H]1CN(c2ccc(Nc3ncc4cc(Cl)c(NC(=O)NC(C)(C)C)nc4n3)cc2)C[C@H](C)N1. The van der Waals surface area contributed by atoms with E-state index in [9.17, 15) is 4.79 Å². The van der Waals surface area contributed by atoms with E-state index < -0.39 is 0 Å². The van der Waals surface area contributed by atoms with Crippen molar-refractivity contribution in [3.8, 4) is 0 Å². The zero-order valence-corrected chi connectivity index (χ0v) is 20.9. The zero-order chi connectivity index (χ0) is 24.5. The van der Waals surface area contributed by atoms with Gasteiger partial charge in [0.05, 0.1) is 5.02 Å². The van der Waals surface area contributed by atoms with Crippen molar-refractivity contribution in [1.29, 1.82) is 0 Å². The van der Waals surface area contributed by atoms with Crippen molar-refractivity contribution in [3.05, 3.63) is 41.6 Å². The molecule has 4 rings (SSSR count). The van der Waals surface area contributed by atoms with Gasteiger partial charge in [-0.05, 0) is 65.0 Å². The molecule has 2 aromatic heterocycles. The second-order valence-electron chi connectivity index (χ2n) is 9.80. The highest BCUT2D eigenvalue weighted by molar-refractivity contribution is 6.34. The molecule has 1 aliphatic rings. The summed E-state index contributed by atoms with van der Waals surface area (Å²) in [5.74, 6) is 0.647. The third kappa shape index (κ3) is 6.03. The number of rotatable bonds is 4. The molecule has 0 bridgehead atoms. The fourth-order valence-electron chi connectivity index (χ4n) is 3.99. The smallest absolute Gasteiger partial charge is 0.320 e. The molecule has 2 atom stereocenters. The summed E-state index contributed by atoms with van der Waals surface area (Å²) in [6.07, 6.45) is 1.65. The molecule has 1 aliphatic heterocycles. The third-order valence-electron chi connectivity index (χ3n) is 5.29. The normalized spacial score (nSPS) is 18.6. The van der Waals surface area contributed by atoms with Crippen molar-refractivity contribution in [2.75, 3.05) is 28.6 Å². The standard InChI is InChI=1S/C24H31ClN8O/c1-14-12-33(13-15(2)27-14)18-8-6-17(7-9-18)28-22-26-11-16-10-19(25)21(29-20(16)30-22)31-23(34)32-24(3,4)5/h6-11,14-15,27H,12-13H2,1-5H3,(H3,26,28,29,30,31,32,34)/t14-,15+. The number of aromatic nitrogens is 3. The van der Waals surface area contributed by atoms with Crippen LogP contribution in [0, 0.1) is 0 Å². The Morgan fingerprint density at radius 1 is 1.12 bits per heavy atom. The predicted octanol–water partition coefficient (Wildman–Crippen LogP) is 4.53. The minimum absolute atomic E-state index is 0.240. The molecule has 1 saturated heterocycles. The van der Waals surface area contributed by atoms with Crippen LogP contribution in [0.15, 0.2) is 36.5 Å². The van der Waals surface area contributed by atoms with Crippen molar-refractivity contribution in [2.24, 2.45) is 0 Å². The van der Waals surface area contributed by atoms with Crippen LogP contribution in [0.2, 0.25) is 5.02 Å². The Morgan fingerprint density at radius 2 is 1.79 bits per heavy atom. The number of carbonyl (C=O) groups is 1. The van der Waals surface area contributed by atoms with Crippen molar-refractivity contribution in [1.82, 2.24) is 25.6 Å². The summed E-state index contributed by atoms with van der Waals surface area (Å²) in [4.78, 5) is 27.9. The maximum Gasteiger partial charge on any atom is 0.320 e. The number of piperazine rings is 1. The molecule has 9 nitrogen and oxygen atoms in total. The Balaban J connectivity index is 1.49. The van der Waals surface area contributed by atoms with Crippen LogP contribution in [0.4, 0.5) is 27.9 Å². The number of urea groups is 1. The Morgan fingerprint density at radius 3 is 2.44 bits per heavy atom. The maximum atomic E-state index is 12.2. The number of pyridine rings is 1. The molecule has 34 heavy (non-hydrogen) atoms. The lowest BCUT2D eigenvalue weighted by atomic mass is 10.1. The molecule has 4 N–H and O–H groups in total. The van der Waals surface area contributed by atoms with Crippen LogP contribution in [0.1, 0.15) is 34.6 Å². The van der Waals surface area contributed by atoms with Gasteiger partial charge in [0.25, 0.3) is 0 Å². The van der Waals surface area contributed by atoms with Crippen LogP contribution in [-0.2, 0) is 0 Å². The second kappa shape index (κ2) is 9.60. The van der Waals surface area contributed by atoms with Crippen molar-refractivity contribution in [2.45, 2.75) is 52.2 Å². The molecule has 0 unspecified atom stereocenters. The number of hydrogen-bond acceptors (Lipinski definition) is 7. The van der Waals surface area contributed by atoms with E-state index in [1.54, 1.807) is 12.3 Å². The molecule has 1 fully saturated rings. The lowest BCUT2D eigenvalue weighted by Gasteiger charge is -2.37. The number of hydrogen-bond donors (Lipinski definition) is 4. The first kappa shape index (κ1) is 24.0. The maximum absolute atomic E-state index is 12.2. The summed E-state index contributed by atoms with van der Waals surface area (Å²) in [5, 5.41) is 13.3. The topological polar surface area (TPSA) is 107 Å². The van der Waals surface area contributed by atoms with Crippen LogP contribution in [0.25, 0.3) is 11.0 Å². The van der Waals surface area contributed by atoms with Gasteiger partial charge in [0, 0.05) is 53.7 Å². The number of amides is 2. The number of nitrogens with one attached hydrogen (secondary N) is 4. The summed E-state index contributed by atoms with van der Waals surface area (Å²) < 4.78 is 0.